The van der Waals surface area contributed by atoms with Crippen LogP contribution in [-0.2, 0) is 0 Å². The molecule has 0 spiro atoms. The van der Waals surface area contributed by atoms with Crippen LogP contribution in [0.25, 0.3) is 0 Å². The topological polar surface area (TPSA) is 20.2 Å². The lowest BCUT2D eigenvalue weighted by Crippen LogP contribution is -1.96. The van der Waals surface area contributed by atoms with Gasteiger partial charge in [0.1, 0.15) is 0 Å². The third-order valence-electron chi connectivity index (χ3n) is 7.31. The van der Waals surface area contributed by atoms with Gasteiger partial charge in [0, 0.05) is 6.61 Å². The second-order valence-corrected chi connectivity index (χ2v) is 8.79. The molecule has 1 heteroatoms. The lowest BCUT2D eigenvalue weighted by Gasteiger charge is -1.98. The van der Waals surface area contributed by atoms with Gasteiger partial charge in [-0.3, -0.25) is 0 Å². The maximum absolute atomic E-state index is 9.20. The molecular weight excluding hydrogens is 244 g/mol. The average molecular weight is 272 g/mol. The fourth-order valence-corrected chi connectivity index (χ4v) is 5.30. The van der Waals surface area contributed by atoms with Crippen molar-refractivity contribution in [2.24, 2.45) is 59.2 Å². The van der Waals surface area contributed by atoms with Crippen molar-refractivity contribution in [3.8, 4) is 0 Å². The average Bonchev–Trinajstić information content (AvgIpc) is 3.21. The molecule has 1 nitrogen and oxygen atoms in total. The highest BCUT2D eigenvalue weighted by Crippen LogP contribution is 2.70. The van der Waals surface area contributed by atoms with Crippen molar-refractivity contribution in [1.29, 1.82) is 0 Å². The molecule has 0 radical (unpaired) electrons. The minimum absolute atomic E-state index is 0.455. The number of aliphatic hydroxyl groups is 1. The maximum atomic E-state index is 9.20. The third kappa shape index (κ3) is 2.08. The summed E-state index contributed by atoms with van der Waals surface area (Å²) in [4.78, 5) is 0. The molecule has 0 saturated heterocycles. The molecule has 20 heavy (non-hydrogen) atoms. The van der Waals surface area contributed by atoms with Gasteiger partial charge in [-0.1, -0.05) is 19.1 Å². The van der Waals surface area contributed by atoms with Gasteiger partial charge >= 0.3 is 0 Å². The SMILES string of the molecule is C[C@@H]1C[C@H]1/C=C/[C@@H]1C[C@H]1[C@@H]1C[C@H]1[C@@H]1C[C@H]1[C@@H]1C[C@H]1CO. The predicted octanol–water partition coefficient (Wildman–Crippen LogP) is 3.74. The van der Waals surface area contributed by atoms with Crippen LogP contribution >= 0.6 is 0 Å². The van der Waals surface area contributed by atoms with Gasteiger partial charge in [-0.25, -0.2) is 0 Å². The Hall–Kier alpha value is -0.300. The molecule has 0 aromatic rings. The highest BCUT2D eigenvalue weighted by molar-refractivity contribution is 5.16. The van der Waals surface area contributed by atoms with E-state index in [1.54, 1.807) is 6.42 Å². The molecule has 5 fully saturated rings. The Labute approximate surface area is 122 Å². The van der Waals surface area contributed by atoms with Gasteiger partial charge in [0.2, 0.25) is 0 Å². The van der Waals surface area contributed by atoms with Crippen molar-refractivity contribution >= 4 is 0 Å². The van der Waals surface area contributed by atoms with Gasteiger partial charge in [0.05, 0.1) is 0 Å². The Kier molecular flexibility index (Phi) is 2.53. The van der Waals surface area contributed by atoms with E-state index in [1.807, 2.05) is 0 Å². The van der Waals surface area contributed by atoms with E-state index in [0.717, 1.165) is 53.3 Å². The molecule has 5 aliphatic rings. The Morgan fingerprint density at radius 1 is 0.750 bits per heavy atom. The fourth-order valence-electron chi connectivity index (χ4n) is 5.30. The zero-order valence-electron chi connectivity index (χ0n) is 12.6. The summed E-state index contributed by atoms with van der Waals surface area (Å²) < 4.78 is 0. The molecule has 0 bridgehead atoms. The van der Waals surface area contributed by atoms with E-state index in [2.05, 4.69) is 19.1 Å². The summed E-state index contributed by atoms with van der Waals surface area (Å²) in [6.45, 7) is 2.83. The van der Waals surface area contributed by atoms with Crippen LogP contribution in [0, 0.1) is 59.2 Å². The minimum atomic E-state index is 0.455. The summed E-state index contributed by atoms with van der Waals surface area (Å²) in [7, 11) is 0. The number of aliphatic hydroxyl groups excluding tert-OH is 1. The summed E-state index contributed by atoms with van der Waals surface area (Å²) in [5.74, 6) is 9.87. The summed E-state index contributed by atoms with van der Waals surface area (Å²) >= 11 is 0. The summed E-state index contributed by atoms with van der Waals surface area (Å²) in [6, 6.07) is 0. The van der Waals surface area contributed by atoms with Crippen molar-refractivity contribution in [1.82, 2.24) is 0 Å². The van der Waals surface area contributed by atoms with Crippen molar-refractivity contribution < 1.29 is 5.11 Å². The molecule has 5 aliphatic carbocycles. The highest BCUT2D eigenvalue weighted by atomic mass is 16.3. The van der Waals surface area contributed by atoms with Crippen molar-refractivity contribution in [2.45, 2.75) is 39.0 Å². The van der Waals surface area contributed by atoms with Crippen LogP contribution in [0.1, 0.15) is 39.0 Å². The molecule has 1 N–H and O–H groups in total. The van der Waals surface area contributed by atoms with Gasteiger partial charge in [0.15, 0.2) is 0 Å². The largest absolute Gasteiger partial charge is 0.396 e. The van der Waals surface area contributed by atoms with Gasteiger partial charge < -0.3 is 5.11 Å². The quantitative estimate of drug-likeness (QED) is 0.730. The molecule has 10 atom stereocenters. The third-order valence-corrected chi connectivity index (χ3v) is 7.31. The number of rotatable bonds is 6. The summed E-state index contributed by atoms with van der Waals surface area (Å²) in [5.41, 5.74) is 0. The fraction of sp³-hybridized carbons (Fsp3) is 0.895. The molecule has 0 aromatic carbocycles. The lowest BCUT2D eigenvalue weighted by molar-refractivity contribution is 0.264. The van der Waals surface area contributed by atoms with Gasteiger partial charge in [0.25, 0.3) is 0 Å². The monoisotopic (exact) mass is 272 g/mol. The van der Waals surface area contributed by atoms with E-state index < -0.39 is 0 Å². The first-order chi connectivity index (χ1) is 9.76. The Morgan fingerprint density at radius 2 is 1.35 bits per heavy atom. The van der Waals surface area contributed by atoms with E-state index in [-0.39, 0.29) is 0 Å². The molecule has 0 heterocycles. The van der Waals surface area contributed by atoms with Crippen LogP contribution in [0.15, 0.2) is 12.2 Å². The van der Waals surface area contributed by atoms with Gasteiger partial charge in [-0.05, 0) is 91.3 Å². The van der Waals surface area contributed by atoms with Crippen LogP contribution in [0.5, 0.6) is 0 Å². The van der Waals surface area contributed by atoms with Crippen molar-refractivity contribution in [3.63, 3.8) is 0 Å². The van der Waals surface area contributed by atoms with E-state index in [9.17, 15) is 5.11 Å². The molecular formula is C19H28O. The second-order valence-electron chi connectivity index (χ2n) is 8.79. The second kappa shape index (κ2) is 4.12. The number of allylic oxidation sites excluding steroid dienone is 2. The van der Waals surface area contributed by atoms with Crippen LogP contribution in [-0.4, -0.2) is 11.7 Å². The predicted molar refractivity (Wildman–Crippen MR) is 79.9 cm³/mol. The number of hydrogen-bond donors (Lipinski definition) is 1. The van der Waals surface area contributed by atoms with Crippen LogP contribution in [0.2, 0.25) is 0 Å². The summed E-state index contributed by atoms with van der Waals surface area (Å²) in [5, 5.41) is 9.20. The first-order valence-corrected chi connectivity index (χ1v) is 9.05. The van der Waals surface area contributed by atoms with Crippen molar-refractivity contribution in [2.75, 3.05) is 6.61 Å². The first-order valence-electron chi connectivity index (χ1n) is 9.05. The highest BCUT2D eigenvalue weighted by Gasteiger charge is 2.63. The molecule has 0 aromatic heterocycles. The first kappa shape index (κ1) is 12.3. The Bertz CT molecular complexity index is 441. The maximum Gasteiger partial charge on any atom is 0.0462 e. The standard InChI is InChI=1S/C19H28O/c1-10-4-11(10)2-3-12-5-14(12)16-7-18(16)19-8-17(19)15-6-13(15)9-20/h2-3,10-20H,4-9H2,1H3/b3-2+/t10-,11-,12-,13+,14-,15-,16+,17+,18-,19-/m1/s1. The summed E-state index contributed by atoms with van der Waals surface area (Å²) in [6.07, 6.45) is 12.4. The Morgan fingerprint density at radius 3 is 1.95 bits per heavy atom. The smallest absolute Gasteiger partial charge is 0.0462 e. The normalized spacial score (nSPS) is 62.5. The van der Waals surface area contributed by atoms with E-state index in [0.29, 0.717) is 12.5 Å². The zero-order chi connectivity index (χ0) is 13.4. The lowest BCUT2D eigenvalue weighted by atomic mass is 10.1. The molecule has 0 aliphatic heterocycles. The molecule has 0 amide bonds. The van der Waals surface area contributed by atoms with Gasteiger partial charge in [-0.15, -0.1) is 0 Å². The van der Waals surface area contributed by atoms with E-state index in [1.165, 1.54) is 25.7 Å². The Balaban J connectivity index is 1.08. The molecule has 5 saturated carbocycles. The molecule has 5 rings (SSSR count). The zero-order valence-corrected chi connectivity index (χ0v) is 12.6. The van der Waals surface area contributed by atoms with E-state index in [4.69, 9.17) is 0 Å². The van der Waals surface area contributed by atoms with Gasteiger partial charge in [-0.2, -0.15) is 0 Å². The molecule has 0 unspecified atom stereocenters. The van der Waals surface area contributed by atoms with Crippen LogP contribution in [0.4, 0.5) is 0 Å². The minimum Gasteiger partial charge on any atom is -0.396 e. The van der Waals surface area contributed by atoms with Crippen LogP contribution in [0.3, 0.4) is 0 Å². The van der Waals surface area contributed by atoms with Crippen molar-refractivity contribution in [3.05, 3.63) is 12.2 Å². The number of hydrogen-bond acceptors (Lipinski definition) is 1. The van der Waals surface area contributed by atoms with Crippen LogP contribution < -0.4 is 0 Å². The van der Waals surface area contributed by atoms with E-state index >= 15 is 0 Å². The molecule has 110 valence electrons.